The van der Waals surface area contributed by atoms with Gasteiger partial charge in [-0.1, -0.05) is 11.6 Å². The van der Waals surface area contributed by atoms with Gasteiger partial charge in [0.25, 0.3) is 5.56 Å². The number of aliphatic hydroxyl groups excluding tert-OH is 1. The minimum Gasteiger partial charge on any atom is -0.391 e. The van der Waals surface area contributed by atoms with Crippen LogP contribution >= 0.6 is 11.6 Å². The van der Waals surface area contributed by atoms with Gasteiger partial charge in [0, 0.05) is 11.7 Å². The average molecular weight is 275 g/mol. The van der Waals surface area contributed by atoms with E-state index in [0.717, 1.165) is 0 Å². The molecule has 18 heavy (non-hydrogen) atoms. The number of halogens is 1. The summed E-state index contributed by atoms with van der Waals surface area (Å²) in [5.41, 5.74) is 0.243. The van der Waals surface area contributed by atoms with E-state index in [2.05, 4.69) is 4.98 Å². The van der Waals surface area contributed by atoms with Gasteiger partial charge in [-0.3, -0.25) is 14.3 Å². The van der Waals surface area contributed by atoms with Crippen molar-refractivity contribution in [3.8, 4) is 0 Å². The Balaban J connectivity index is 2.36. The molecule has 98 valence electrons. The Labute approximate surface area is 106 Å². The van der Waals surface area contributed by atoms with Gasteiger partial charge in [0.1, 0.15) is 0 Å². The molecule has 0 aromatic carbocycles. The Morgan fingerprint density at radius 3 is 3.00 bits per heavy atom. The molecule has 1 saturated heterocycles. The lowest BCUT2D eigenvalue weighted by atomic mass is 10.3. The minimum absolute atomic E-state index is 0.112. The van der Waals surface area contributed by atoms with E-state index in [-0.39, 0.29) is 18.8 Å². The first kappa shape index (κ1) is 13.0. The zero-order valence-electron chi connectivity index (χ0n) is 9.21. The lowest BCUT2D eigenvalue weighted by Gasteiger charge is -2.12. The van der Waals surface area contributed by atoms with Crippen molar-refractivity contribution in [1.82, 2.24) is 9.55 Å². The SMILES string of the molecule is O=c1[nH]c(=O)n(C2COC(CO)O2)cc1C=CCl. The van der Waals surface area contributed by atoms with Crippen LogP contribution in [0.15, 0.2) is 21.3 Å². The van der Waals surface area contributed by atoms with Crippen molar-refractivity contribution in [3.05, 3.63) is 38.1 Å². The van der Waals surface area contributed by atoms with Crippen LogP contribution in [0.3, 0.4) is 0 Å². The van der Waals surface area contributed by atoms with Gasteiger partial charge in [0.15, 0.2) is 12.5 Å². The zero-order chi connectivity index (χ0) is 13.1. The molecule has 2 rings (SSSR count). The van der Waals surface area contributed by atoms with Crippen LogP contribution in [-0.4, -0.2) is 34.2 Å². The van der Waals surface area contributed by atoms with Gasteiger partial charge in [-0.05, 0) is 6.08 Å². The van der Waals surface area contributed by atoms with Crippen molar-refractivity contribution in [3.63, 3.8) is 0 Å². The number of aromatic nitrogens is 2. The molecular weight excluding hydrogens is 264 g/mol. The van der Waals surface area contributed by atoms with Crippen molar-refractivity contribution in [2.24, 2.45) is 0 Å². The Morgan fingerprint density at radius 1 is 1.61 bits per heavy atom. The molecule has 1 aromatic rings. The highest BCUT2D eigenvalue weighted by atomic mass is 35.5. The van der Waals surface area contributed by atoms with Crippen LogP contribution in [0.4, 0.5) is 0 Å². The Morgan fingerprint density at radius 2 is 2.39 bits per heavy atom. The smallest absolute Gasteiger partial charge is 0.330 e. The second-order valence-corrected chi connectivity index (χ2v) is 3.83. The molecule has 0 radical (unpaired) electrons. The van der Waals surface area contributed by atoms with Crippen LogP contribution in [0.25, 0.3) is 6.08 Å². The summed E-state index contributed by atoms with van der Waals surface area (Å²) in [6.45, 7) is -0.190. The summed E-state index contributed by atoms with van der Waals surface area (Å²) >= 11 is 5.40. The summed E-state index contributed by atoms with van der Waals surface area (Å²) in [6, 6.07) is 0. The number of H-pyrrole nitrogens is 1. The number of aromatic amines is 1. The highest BCUT2D eigenvalue weighted by Gasteiger charge is 2.27. The van der Waals surface area contributed by atoms with Gasteiger partial charge in [0.05, 0.1) is 18.8 Å². The average Bonchev–Trinajstić information content (AvgIpc) is 2.81. The Bertz CT molecular complexity index is 564. The van der Waals surface area contributed by atoms with Crippen LogP contribution in [0, 0.1) is 0 Å². The highest BCUT2D eigenvalue weighted by Crippen LogP contribution is 2.18. The summed E-state index contributed by atoms with van der Waals surface area (Å²) in [7, 11) is 0. The lowest BCUT2D eigenvalue weighted by Crippen LogP contribution is -2.34. The molecule has 0 amide bonds. The normalized spacial score (nSPS) is 23.9. The summed E-state index contributed by atoms with van der Waals surface area (Å²) in [5, 5.41) is 8.86. The third-order valence-electron chi connectivity index (χ3n) is 2.43. The predicted octanol–water partition coefficient (Wildman–Crippen LogP) is -0.390. The predicted molar refractivity (Wildman–Crippen MR) is 63.2 cm³/mol. The fourth-order valence-corrected chi connectivity index (χ4v) is 1.72. The molecule has 1 aromatic heterocycles. The number of aliphatic hydroxyl groups is 1. The fraction of sp³-hybridized carbons (Fsp3) is 0.400. The van der Waals surface area contributed by atoms with E-state index in [4.69, 9.17) is 26.2 Å². The van der Waals surface area contributed by atoms with E-state index < -0.39 is 23.8 Å². The second kappa shape index (κ2) is 5.49. The van der Waals surface area contributed by atoms with Gasteiger partial charge in [-0.2, -0.15) is 0 Å². The summed E-state index contributed by atoms with van der Waals surface area (Å²) in [6.07, 6.45) is 1.23. The third kappa shape index (κ3) is 2.54. The number of nitrogens with one attached hydrogen (secondary N) is 1. The summed E-state index contributed by atoms with van der Waals surface area (Å²) < 4.78 is 11.5. The van der Waals surface area contributed by atoms with E-state index in [1.807, 2.05) is 0 Å². The Kier molecular flexibility index (Phi) is 3.97. The van der Waals surface area contributed by atoms with E-state index in [0.29, 0.717) is 0 Å². The molecule has 0 spiro atoms. The first-order chi connectivity index (χ1) is 8.65. The molecule has 1 aliphatic rings. The van der Waals surface area contributed by atoms with Gasteiger partial charge in [0.2, 0.25) is 0 Å². The van der Waals surface area contributed by atoms with Crippen LogP contribution in [-0.2, 0) is 9.47 Å². The summed E-state index contributed by atoms with van der Waals surface area (Å²) in [5.74, 6) is 0. The molecule has 1 fully saturated rings. The van der Waals surface area contributed by atoms with Crippen molar-refractivity contribution in [2.45, 2.75) is 12.5 Å². The molecule has 2 unspecified atom stereocenters. The van der Waals surface area contributed by atoms with Crippen LogP contribution in [0.1, 0.15) is 11.8 Å². The molecular formula is C10H11ClN2O5. The van der Waals surface area contributed by atoms with Crippen molar-refractivity contribution >= 4 is 17.7 Å². The highest BCUT2D eigenvalue weighted by molar-refractivity contribution is 6.27. The summed E-state index contributed by atoms with van der Waals surface area (Å²) in [4.78, 5) is 25.2. The van der Waals surface area contributed by atoms with E-state index in [1.54, 1.807) is 0 Å². The maximum Gasteiger partial charge on any atom is 0.330 e. The van der Waals surface area contributed by atoms with Crippen molar-refractivity contribution < 1.29 is 14.6 Å². The molecule has 2 heterocycles. The Hall–Kier alpha value is -1.41. The molecule has 2 N–H and O–H groups in total. The van der Waals surface area contributed by atoms with Gasteiger partial charge in [-0.25, -0.2) is 4.79 Å². The second-order valence-electron chi connectivity index (χ2n) is 3.58. The molecule has 1 aliphatic heterocycles. The fourth-order valence-electron chi connectivity index (χ4n) is 1.59. The maximum absolute atomic E-state index is 11.6. The van der Waals surface area contributed by atoms with Crippen molar-refractivity contribution in [2.75, 3.05) is 13.2 Å². The molecule has 0 aliphatic carbocycles. The number of hydrogen-bond acceptors (Lipinski definition) is 5. The first-order valence-corrected chi connectivity index (χ1v) is 5.59. The van der Waals surface area contributed by atoms with Gasteiger partial charge >= 0.3 is 5.69 Å². The first-order valence-electron chi connectivity index (χ1n) is 5.16. The van der Waals surface area contributed by atoms with Crippen LogP contribution in [0.2, 0.25) is 0 Å². The third-order valence-corrected chi connectivity index (χ3v) is 2.56. The monoisotopic (exact) mass is 274 g/mol. The van der Waals surface area contributed by atoms with Crippen molar-refractivity contribution in [1.29, 1.82) is 0 Å². The van der Waals surface area contributed by atoms with Gasteiger partial charge < -0.3 is 14.6 Å². The minimum atomic E-state index is -0.763. The molecule has 0 saturated carbocycles. The number of rotatable bonds is 3. The van der Waals surface area contributed by atoms with E-state index in [9.17, 15) is 9.59 Å². The standard InChI is InChI=1S/C10H11ClN2O5/c11-2-1-6-3-13(10(16)12-9(6)15)7-5-17-8(4-14)18-7/h1-3,7-8,14H,4-5H2,(H,12,15,16). The number of nitrogens with zero attached hydrogens (tertiary/aromatic N) is 1. The lowest BCUT2D eigenvalue weighted by molar-refractivity contribution is -0.0993. The topological polar surface area (TPSA) is 93.6 Å². The van der Waals surface area contributed by atoms with Crippen LogP contribution < -0.4 is 11.2 Å². The molecule has 2 atom stereocenters. The van der Waals surface area contributed by atoms with Crippen LogP contribution in [0.5, 0.6) is 0 Å². The van der Waals surface area contributed by atoms with E-state index in [1.165, 1.54) is 22.4 Å². The molecule has 7 nitrogen and oxygen atoms in total. The molecule has 0 bridgehead atoms. The number of ether oxygens (including phenoxy) is 2. The zero-order valence-corrected chi connectivity index (χ0v) is 9.96. The largest absolute Gasteiger partial charge is 0.391 e. The van der Waals surface area contributed by atoms with E-state index >= 15 is 0 Å². The maximum atomic E-state index is 11.6. The van der Waals surface area contributed by atoms with Gasteiger partial charge in [-0.15, -0.1) is 0 Å². The quantitative estimate of drug-likeness (QED) is 0.783. The number of hydrogen-bond donors (Lipinski definition) is 2. The molecule has 8 heteroatoms.